The molecule has 66 valence electrons. The summed E-state index contributed by atoms with van der Waals surface area (Å²) in [5, 5.41) is 3.10. The molecule has 0 spiro atoms. The van der Waals surface area contributed by atoms with E-state index in [4.69, 9.17) is 5.73 Å². The molecule has 0 saturated carbocycles. The van der Waals surface area contributed by atoms with Crippen LogP contribution in [0.4, 0.5) is 0 Å². The first kappa shape index (κ1) is 9.07. The summed E-state index contributed by atoms with van der Waals surface area (Å²) in [4.78, 5) is 0. The Labute approximate surface area is 73.8 Å². The van der Waals surface area contributed by atoms with E-state index >= 15 is 0 Å². The minimum absolute atomic E-state index is 0.915. The van der Waals surface area contributed by atoms with E-state index in [1.807, 2.05) is 20.0 Å². The molecular formula is C10H16N2. The van der Waals surface area contributed by atoms with Gasteiger partial charge in [0.2, 0.25) is 0 Å². The van der Waals surface area contributed by atoms with Crippen molar-refractivity contribution in [2.45, 2.75) is 13.8 Å². The Bertz CT molecular complexity index is 270. The van der Waals surface area contributed by atoms with Crippen molar-refractivity contribution in [1.29, 1.82) is 0 Å². The van der Waals surface area contributed by atoms with Gasteiger partial charge in [-0.3, -0.25) is 0 Å². The van der Waals surface area contributed by atoms with Crippen LogP contribution in [0, 0.1) is 0 Å². The van der Waals surface area contributed by atoms with E-state index in [9.17, 15) is 0 Å². The van der Waals surface area contributed by atoms with E-state index in [0.717, 1.165) is 12.2 Å². The van der Waals surface area contributed by atoms with Crippen LogP contribution in [-0.4, -0.2) is 13.6 Å². The summed E-state index contributed by atoms with van der Waals surface area (Å²) in [6, 6.07) is 0. The summed E-state index contributed by atoms with van der Waals surface area (Å²) in [5.41, 5.74) is 10.3. The minimum Gasteiger partial charge on any atom is -0.398 e. The molecule has 0 aromatic carbocycles. The van der Waals surface area contributed by atoms with Gasteiger partial charge in [-0.05, 0) is 38.1 Å². The molecule has 0 heterocycles. The molecule has 0 unspecified atom stereocenters. The molecule has 0 fully saturated rings. The molecule has 0 amide bonds. The number of likely N-dealkylation sites (N-methyl/N-ethyl adjacent to an activating group) is 1. The lowest BCUT2D eigenvalue weighted by molar-refractivity contribution is 0.878. The lowest BCUT2D eigenvalue weighted by Gasteiger charge is -2.16. The van der Waals surface area contributed by atoms with E-state index in [-0.39, 0.29) is 0 Å². The quantitative estimate of drug-likeness (QED) is 0.660. The molecule has 1 rings (SSSR count). The topological polar surface area (TPSA) is 38.0 Å². The average Bonchev–Trinajstić information content (AvgIpc) is 2.04. The van der Waals surface area contributed by atoms with Crippen LogP contribution < -0.4 is 11.1 Å². The summed E-state index contributed by atoms with van der Waals surface area (Å²) < 4.78 is 0. The van der Waals surface area contributed by atoms with Gasteiger partial charge in [0.15, 0.2) is 0 Å². The van der Waals surface area contributed by atoms with E-state index in [1.165, 1.54) is 16.7 Å². The number of nitrogens with two attached hydrogens (primary N) is 1. The van der Waals surface area contributed by atoms with Gasteiger partial charge < -0.3 is 11.1 Å². The Kier molecular flexibility index (Phi) is 2.71. The largest absolute Gasteiger partial charge is 0.398 e. The van der Waals surface area contributed by atoms with Crippen molar-refractivity contribution < 1.29 is 0 Å². The molecule has 0 radical (unpaired) electrons. The average molecular weight is 164 g/mol. The van der Waals surface area contributed by atoms with Gasteiger partial charge in [-0.15, -0.1) is 0 Å². The van der Waals surface area contributed by atoms with E-state index in [0.29, 0.717) is 0 Å². The third-order valence-corrected chi connectivity index (χ3v) is 2.03. The van der Waals surface area contributed by atoms with Crippen molar-refractivity contribution in [3.63, 3.8) is 0 Å². The van der Waals surface area contributed by atoms with Crippen LogP contribution in [0.5, 0.6) is 0 Å². The Hall–Kier alpha value is -1.02. The van der Waals surface area contributed by atoms with Gasteiger partial charge in [0.05, 0.1) is 0 Å². The van der Waals surface area contributed by atoms with Crippen LogP contribution in [0.2, 0.25) is 0 Å². The fourth-order valence-corrected chi connectivity index (χ4v) is 1.22. The molecule has 2 nitrogen and oxygen atoms in total. The third-order valence-electron chi connectivity index (χ3n) is 2.03. The van der Waals surface area contributed by atoms with Crippen molar-refractivity contribution in [3.8, 4) is 0 Å². The molecule has 0 atom stereocenters. The van der Waals surface area contributed by atoms with Gasteiger partial charge in [-0.25, -0.2) is 0 Å². The number of rotatable bonds is 3. The molecule has 0 aromatic heterocycles. The van der Waals surface area contributed by atoms with Gasteiger partial charge in [-0.2, -0.15) is 0 Å². The third kappa shape index (κ3) is 1.77. The normalized spacial score (nSPS) is 17.6. The smallest absolute Gasteiger partial charge is 0.0355 e. The highest BCUT2D eigenvalue weighted by molar-refractivity contribution is 5.55. The van der Waals surface area contributed by atoms with Gasteiger partial charge in [0.1, 0.15) is 0 Å². The van der Waals surface area contributed by atoms with Gasteiger partial charge >= 0.3 is 0 Å². The highest BCUT2D eigenvalue weighted by Crippen LogP contribution is 2.24. The second kappa shape index (κ2) is 3.59. The zero-order valence-corrected chi connectivity index (χ0v) is 7.94. The van der Waals surface area contributed by atoms with E-state index in [2.05, 4.69) is 18.3 Å². The monoisotopic (exact) mass is 164 g/mol. The highest BCUT2D eigenvalue weighted by Gasteiger charge is 2.09. The van der Waals surface area contributed by atoms with Gasteiger partial charge in [0.25, 0.3) is 0 Å². The standard InChI is InChI=1S/C10H16N2/c1-7(6-12-3)4-9-5-10(11)8(9)2/h4-5,12H,6,11H2,1-3H3/b7-4+. The SMILES string of the molecule is CNC/C(C)=C/C1=C(C)C(N)=C1. The van der Waals surface area contributed by atoms with Gasteiger partial charge in [-0.1, -0.05) is 11.6 Å². The van der Waals surface area contributed by atoms with Crippen LogP contribution in [0.1, 0.15) is 13.8 Å². The molecule has 0 bridgehead atoms. The Balaban J connectivity index is 2.58. The Morgan fingerprint density at radius 3 is 2.75 bits per heavy atom. The van der Waals surface area contributed by atoms with Crippen molar-refractivity contribution in [2.24, 2.45) is 5.73 Å². The first-order valence-corrected chi connectivity index (χ1v) is 4.15. The lowest BCUT2D eigenvalue weighted by Crippen LogP contribution is -2.11. The summed E-state index contributed by atoms with van der Waals surface area (Å²) in [7, 11) is 1.95. The summed E-state index contributed by atoms with van der Waals surface area (Å²) in [6.45, 7) is 5.09. The van der Waals surface area contributed by atoms with E-state index < -0.39 is 0 Å². The van der Waals surface area contributed by atoms with E-state index in [1.54, 1.807) is 0 Å². The zero-order valence-electron chi connectivity index (χ0n) is 7.94. The van der Waals surface area contributed by atoms with Crippen molar-refractivity contribution in [1.82, 2.24) is 5.32 Å². The molecule has 2 heteroatoms. The lowest BCUT2D eigenvalue weighted by atomic mass is 9.94. The molecule has 1 aliphatic carbocycles. The van der Waals surface area contributed by atoms with Crippen LogP contribution in [-0.2, 0) is 0 Å². The summed E-state index contributed by atoms with van der Waals surface area (Å²) in [6.07, 6.45) is 4.18. The predicted molar refractivity (Wildman–Crippen MR) is 52.7 cm³/mol. The maximum atomic E-state index is 5.62. The van der Waals surface area contributed by atoms with Crippen LogP contribution >= 0.6 is 0 Å². The maximum absolute atomic E-state index is 5.62. The molecule has 0 saturated heterocycles. The first-order chi connectivity index (χ1) is 5.65. The summed E-state index contributed by atoms with van der Waals surface area (Å²) >= 11 is 0. The fraction of sp³-hybridized carbons (Fsp3) is 0.400. The molecule has 0 aromatic rings. The zero-order chi connectivity index (χ0) is 9.14. The van der Waals surface area contributed by atoms with Crippen LogP contribution in [0.25, 0.3) is 0 Å². The molecule has 0 aliphatic heterocycles. The molecule has 12 heavy (non-hydrogen) atoms. The Morgan fingerprint density at radius 2 is 2.33 bits per heavy atom. The highest BCUT2D eigenvalue weighted by atomic mass is 14.8. The van der Waals surface area contributed by atoms with Crippen LogP contribution in [0.3, 0.4) is 0 Å². The predicted octanol–water partition coefficient (Wildman–Crippen LogP) is 1.32. The minimum atomic E-state index is 0.915. The fourth-order valence-electron chi connectivity index (χ4n) is 1.22. The Morgan fingerprint density at radius 1 is 1.67 bits per heavy atom. The van der Waals surface area contributed by atoms with Gasteiger partial charge in [0, 0.05) is 12.2 Å². The van der Waals surface area contributed by atoms with Crippen molar-refractivity contribution in [2.75, 3.05) is 13.6 Å². The number of hydrogen-bond acceptors (Lipinski definition) is 2. The summed E-state index contributed by atoms with van der Waals surface area (Å²) in [5.74, 6) is 0. The molecule has 1 aliphatic rings. The maximum Gasteiger partial charge on any atom is 0.0355 e. The second-order valence-electron chi connectivity index (χ2n) is 3.20. The molecule has 3 N–H and O–H groups in total. The number of hydrogen-bond donors (Lipinski definition) is 2. The second-order valence-corrected chi connectivity index (χ2v) is 3.20. The number of nitrogens with one attached hydrogen (secondary N) is 1. The number of allylic oxidation sites excluding steroid dienone is 4. The molecular weight excluding hydrogens is 148 g/mol. The van der Waals surface area contributed by atoms with Crippen molar-refractivity contribution >= 4 is 0 Å². The van der Waals surface area contributed by atoms with Crippen molar-refractivity contribution in [3.05, 3.63) is 34.6 Å². The van der Waals surface area contributed by atoms with Crippen LogP contribution in [0.15, 0.2) is 34.6 Å². The first-order valence-electron chi connectivity index (χ1n) is 4.15.